The second-order valence-electron chi connectivity index (χ2n) is 5.42. The van der Waals surface area contributed by atoms with E-state index in [2.05, 4.69) is 33.0 Å². The van der Waals surface area contributed by atoms with Crippen LogP contribution < -0.4 is 5.32 Å². The van der Waals surface area contributed by atoms with Crippen LogP contribution >= 0.6 is 11.8 Å². The molecule has 1 aliphatic rings. The maximum absolute atomic E-state index is 12.0. The van der Waals surface area contributed by atoms with Gasteiger partial charge in [-0.15, -0.1) is 0 Å². The molecule has 0 aromatic carbocycles. The smallest absolute Gasteiger partial charge is 0.326 e. The van der Waals surface area contributed by atoms with Crippen molar-refractivity contribution in [1.82, 2.24) is 5.32 Å². The summed E-state index contributed by atoms with van der Waals surface area (Å²) in [6.07, 6.45) is 2.88. The summed E-state index contributed by atoms with van der Waals surface area (Å²) in [5.41, 5.74) is -0.449. The Balaban J connectivity index is 2.71. The van der Waals surface area contributed by atoms with E-state index in [0.717, 1.165) is 19.3 Å². The van der Waals surface area contributed by atoms with Gasteiger partial charge in [-0.05, 0) is 38.4 Å². The first-order valence-electron chi connectivity index (χ1n) is 6.41. The Bertz CT molecular complexity index is 268. The molecular formula is C13H25NO2S. The van der Waals surface area contributed by atoms with E-state index in [4.69, 9.17) is 4.74 Å². The molecule has 0 amide bonds. The molecule has 100 valence electrons. The third kappa shape index (κ3) is 3.88. The van der Waals surface area contributed by atoms with Gasteiger partial charge in [0.15, 0.2) is 0 Å². The minimum Gasteiger partial charge on any atom is -0.468 e. The van der Waals surface area contributed by atoms with Gasteiger partial charge in [0.05, 0.1) is 7.11 Å². The van der Waals surface area contributed by atoms with Crippen LogP contribution in [0.4, 0.5) is 0 Å². The quantitative estimate of drug-likeness (QED) is 0.770. The number of hydrogen-bond donors (Lipinski definition) is 1. The molecule has 0 aliphatic heterocycles. The number of hydrogen-bond acceptors (Lipinski definition) is 4. The van der Waals surface area contributed by atoms with Crippen LogP contribution in [0.3, 0.4) is 0 Å². The minimum atomic E-state index is -0.449. The summed E-state index contributed by atoms with van der Waals surface area (Å²) >= 11 is 1.97. The largest absolute Gasteiger partial charge is 0.468 e. The van der Waals surface area contributed by atoms with Crippen LogP contribution in [0.5, 0.6) is 0 Å². The average Bonchev–Trinajstić information content (AvgIpc) is 2.59. The van der Waals surface area contributed by atoms with Gasteiger partial charge in [-0.1, -0.05) is 13.8 Å². The Hall–Kier alpha value is -0.220. The van der Waals surface area contributed by atoms with Gasteiger partial charge >= 0.3 is 5.97 Å². The standard InChI is InChI=1S/C13H25NO2S/c1-9(2)14-13(12(15)16-5)7-6-11(8-13)17-10(3)4/h9-11,14H,6-8H2,1-5H3. The zero-order chi connectivity index (χ0) is 13.1. The molecular weight excluding hydrogens is 234 g/mol. The lowest BCUT2D eigenvalue weighted by Gasteiger charge is -2.30. The maximum atomic E-state index is 12.0. The molecule has 17 heavy (non-hydrogen) atoms. The van der Waals surface area contributed by atoms with Crippen molar-refractivity contribution in [3.63, 3.8) is 0 Å². The number of carbonyl (C=O) groups is 1. The van der Waals surface area contributed by atoms with E-state index in [0.29, 0.717) is 16.5 Å². The van der Waals surface area contributed by atoms with Gasteiger partial charge in [0.1, 0.15) is 5.54 Å². The van der Waals surface area contributed by atoms with Gasteiger partial charge in [0.2, 0.25) is 0 Å². The summed E-state index contributed by atoms with van der Waals surface area (Å²) in [6, 6.07) is 0.303. The second kappa shape index (κ2) is 6.10. The number of ether oxygens (including phenoxy) is 1. The van der Waals surface area contributed by atoms with Crippen LogP contribution in [0.1, 0.15) is 47.0 Å². The first kappa shape index (κ1) is 14.8. The number of nitrogens with one attached hydrogen (secondary N) is 1. The van der Waals surface area contributed by atoms with E-state index in [1.165, 1.54) is 7.11 Å². The van der Waals surface area contributed by atoms with E-state index in [1.807, 2.05) is 11.8 Å². The van der Waals surface area contributed by atoms with Gasteiger partial charge in [-0.3, -0.25) is 10.1 Å². The lowest BCUT2D eigenvalue weighted by atomic mass is 9.96. The molecule has 1 rings (SSSR count). The average molecular weight is 259 g/mol. The highest BCUT2D eigenvalue weighted by Crippen LogP contribution is 2.39. The molecule has 1 N–H and O–H groups in total. The summed E-state index contributed by atoms with van der Waals surface area (Å²) in [6.45, 7) is 8.57. The van der Waals surface area contributed by atoms with E-state index in [-0.39, 0.29) is 5.97 Å². The maximum Gasteiger partial charge on any atom is 0.326 e. The topological polar surface area (TPSA) is 38.3 Å². The van der Waals surface area contributed by atoms with E-state index in [9.17, 15) is 4.79 Å². The number of rotatable bonds is 5. The van der Waals surface area contributed by atoms with Crippen molar-refractivity contribution in [1.29, 1.82) is 0 Å². The molecule has 1 fully saturated rings. The zero-order valence-electron chi connectivity index (χ0n) is 11.6. The molecule has 2 unspecified atom stereocenters. The number of esters is 1. The molecule has 0 aromatic rings. The lowest BCUT2D eigenvalue weighted by molar-refractivity contribution is -0.148. The first-order valence-corrected chi connectivity index (χ1v) is 7.35. The van der Waals surface area contributed by atoms with Gasteiger partial charge in [-0.2, -0.15) is 11.8 Å². The minimum absolute atomic E-state index is 0.0990. The van der Waals surface area contributed by atoms with Crippen molar-refractivity contribution in [2.24, 2.45) is 0 Å². The van der Waals surface area contributed by atoms with Crippen molar-refractivity contribution in [2.75, 3.05) is 7.11 Å². The third-order valence-electron chi connectivity index (χ3n) is 3.07. The SMILES string of the molecule is COC(=O)C1(NC(C)C)CCC(SC(C)C)C1. The number of thioether (sulfide) groups is 1. The molecule has 0 radical (unpaired) electrons. The Kier molecular flexibility index (Phi) is 5.32. The van der Waals surface area contributed by atoms with Crippen molar-refractivity contribution in [3.05, 3.63) is 0 Å². The predicted octanol–water partition coefficient (Wildman–Crippen LogP) is 2.59. The van der Waals surface area contributed by atoms with Gasteiger partial charge in [0.25, 0.3) is 0 Å². The van der Waals surface area contributed by atoms with E-state index < -0.39 is 5.54 Å². The Morgan fingerprint density at radius 2 is 2.06 bits per heavy atom. The molecule has 0 spiro atoms. The summed E-state index contributed by atoms with van der Waals surface area (Å²) in [7, 11) is 1.48. The van der Waals surface area contributed by atoms with Crippen molar-refractivity contribution >= 4 is 17.7 Å². The molecule has 3 nitrogen and oxygen atoms in total. The van der Waals surface area contributed by atoms with Crippen molar-refractivity contribution < 1.29 is 9.53 Å². The van der Waals surface area contributed by atoms with Crippen LogP contribution in [0, 0.1) is 0 Å². The summed E-state index contributed by atoms with van der Waals surface area (Å²) in [5.74, 6) is -0.0990. The number of methoxy groups -OCH3 is 1. The normalized spacial score (nSPS) is 29.0. The first-order chi connectivity index (χ1) is 7.89. The fourth-order valence-corrected chi connectivity index (χ4v) is 4.03. The molecule has 4 heteroatoms. The van der Waals surface area contributed by atoms with Crippen molar-refractivity contribution in [2.45, 2.75) is 69.0 Å². The lowest BCUT2D eigenvalue weighted by Crippen LogP contribution is -2.53. The van der Waals surface area contributed by atoms with E-state index in [1.54, 1.807) is 0 Å². The van der Waals surface area contributed by atoms with Gasteiger partial charge in [0, 0.05) is 11.3 Å². The summed E-state index contributed by atoms with van der Waals surface area (Å²) < 4.78 is 4.98. The van der Waals surface area contributed by atoms with Crippen molar-refractivity contribution in [3.8, 4) is 0 Å². The molecule has 0 aromatic heterocycles. The monoisotopic (exact) mass is 259 g/mol. The Morgan fingerprint density at radius 3 is 2.53 bits per heavy atom. The zero-order valence-corrected chi connectivity index (χ0v) is 12.4. The van der Waals surface area contributed by atoms with Crippen LogP contribution in [-0.4, -0.2) is 35.2 Å². The Morgan fingerprint density at radius 1 is 1.41 bits per heavy atom. The fraction of sp³-hybridized carbons (Fsp3) is 0.923. The summed E-state index contributed by atoms with van der Waals surface area (Å²) in [4.78, 5) is 12.0. The van der Waals surface area contributed by atoms with E-state index >= 15 is 0 Å². The van der Waals surface area contributed by atoms with Crippen LogP contribution in [-0.2, 0) is 9.53 Å². The highest BCUT2D eigenvalue weighted by molar-refractivity contribution is 8.00. The molecule has 0 bridgehead atoms. The molecule has 0 saturated heterocycles. The predicted molar refractivity (Wildman–Crippen MR) is 73.4 cm³/mol. The highest BCUT2D eigenvalue weighted by atomic mass is 32.2. The second-order valence-corrected chi connectivity index (χ2v) is 7.30. The van der Waals surface area contributed by atoms with Crippen LogP contribution in [0.25, 0.3) is 0 Å². The van der Waals surface area contributed by atoms with Crippen LogP contribution in [0.15, 0.2) is 0 Å². The summed E-state index contributed by atoms with van der Waals surface area (Å²) in [5, 5.41) is 4.61. The molecule has 1 saturated carbocycles. The Labute approximate surface area is 109 Å². The highest BCUT2D eigenvalue weighted by Gasteiger charge is 2.46. The van der Waals surface area contributed by atoms with Crippen LogP contribution in [0.2, 0.25) is 0 Å². The molecule has 2 atom stereocenters. The fourth-order valence-electron chi connectivity index (χ4n) is 2.62. The van der Waals surface area contributed by atoms with Gasteiger partial charge in [-0.25, -0.2) is 0 Å². The third-order valence-corrected chi connectivity index (χ3v) is 4.41. The number of carbonyl (C=O) groups excluding carboxylic acids is 1. The molecule has 1 aliphatic carbocycles. The molecule has 0 heterocycles. The van der Waals surface area contributed by atoms with Gasteiger partial charge < -0.3 is 4.74 Å².